The lowest BCUT2D eigenvalue weighted by atomic mass is 10.1. The fourth-order valence-corrected chi connectivity index (χ4v) is 1.49. The van der Waals surface area contributed by atoms with E-state index in [1.807, 2.05) is 20.8 Å². The predicted octanol–water partition coefficient (Wildman–Crippen LogP) is 1.10. The molecule has 0 saturated carbocycles. The quantitative estimate of drug-likeness (QED) is 0.716. The van der Waals surface area contributed by atoms with E-state index in [4.69, 9.17) is 9.47 Å². The van der Waals surface area contributed by atoms with Crippen molar-refractivity contribution < 1.29 is 14.3 Å². The molecular weight excluding hydrogens is 194 g/mol. The van der Waals surface area contributed by atoms with E-state index in [1.54, 1.807) is 0 Å². The molecule has 0 aliphatic carbocycles. The van der Waals surface area contributed by atoms with Gasteiger partial charge in [0.25, 0.3) is 0 Å². The van der Waals surface area contributed by atoms with Gasteiger partial charge in [0, 0.05) is 19.0 Å². The normalized spacial score (nSPS) is 22.5. The number of hydrogen-bond acceptors (Lipinski definition) is 4. The average Bonchev–Trinajstić information content (AvgIpc) is 2.14. The molecule has 15 heavy (non-hydrogen) atoms. The van der Waals surface area contributed by atoms with Crippen molar-refractivity contribution in [3.05, 3.63) is 0 Å². The molecule has 88 valence electrons. The van der Waals surface area contributed by atoms with Gasteiger partial charge < -0.3 is 14.8 Å². The van der Waals surface area contributed by atoms with E-state index in [2.05, 4.69) is 5.32 Å². The first kappa shape index (κ1) is 12.5. The lowest BCUT2D eigenvalue weighted by Gasteiger charge is -2.24. The summed E-state index contributed by atoms with van der Waals surface area (Å²) in [6.07, 6.45) is 1.24. The molecule has 1 N–H and O–H groups in total. The van der Waals surface area contributed by atoms with E-state index in [0.717, 1.165) is 19.6 Å². The van der Waals surface area contributed by atoms with Crippen molar-refractivity contribution in [2.45, 2.75) is 45.3 Å². The SMILES string of the molecule is CC(C)(C)OC(=O)CCC1COCCN1. The van der Waals surface area contributed by atoms with Crippen molar-refractivity contribution in [1.29, 1.82) is 0 Å². The van der Waals surface area contributed by atoms with Crippen LogP contribution in [0.15, 0.2) is 0 Å². The second kappa shape index (κ2) is 5.47. The Morgan fingerprint density at radius 2 is 2.27 bits per heavy atom. The highest BCUT2D eigenvalue weighted by Crippen LogP contribution is 2.10. The van der Waals surface area contributed by atoms with E-state index >= 15 is 0 Å². The van der Waals surface area contributed by atoms with E-state index in [9.17, 15) is 4.79 Å². The van der Waals surface area contributed by atoms with Gasteiger partial charge in [0.15, 0.2) is 0 Å². The molecule has 0 aromatic rings. The van der Waals surface area contributed by atoms with E-state index in [0.29, 0.717) is 19.1 Å². The van der Waals surface area contributed by atoms with Crippen LogP contribution >= 0.6 is 0 Å². The molecule has 1 saturated heterocycles. The zero-order valence-corrected chi connectivity index (χ0v) is 9.84. The van der Waals surface area contributed by atoms with Gasteiger partial charge in [-0.2, -0.15) is 0 Å². The number of ether oxygens (including phenoxy) is 2. The van der Waals surface area contributed by atoms with Crippen LogP contribution in [0.3, 0.4) is 0 Å². The smallest absolute Gasteiger partial charge is 0.306 e. The summed E-state index contributed by atoms with van der Waals surface area (Å²) in [5.74, 6) is -0.130. The minimum atomic E-state index is -0.381. The molecule has 0 radical (unpaired) electrons. The fourth-order valence-electron chi connectivity index (χ4n) is 1.49. The molecule has 1 fully saturated rings. The average molecular weight is 215 g/mol. The van der Waals surface area contributed by atoms with Gasteiger partial charge in [-0.05, 0) is 27.2 Å². The molecule has 1 rings (SSSR count). The Balaban J connectivity index is 2.15. The Bertz CT molecular complexity index is 204. The maximum absolute atomic E-state index is 11.4. The standard InChI is InChI=1S/C11H21NO3/c1-11(2,3)15-10(13)5-4-9-8-14-7-6-12-9/h9,12H,4-8H2,1-3H3. The van der Waals surface area contributed by atoms with Gasteiger partial charge in [-0.25, -0.2) is 0 Å². The van der Waals surface area contributed by atoms with Crippen LogP contribution in [0.2, 0.25) is 0 Å². The monoisotopic (exact) mass is 215 g/mol. The highest BCUT2D eigenvalue weighted by atomic mass is 16.6. The summed E-state index contributed by atoms with van der Waals surface area (Å²) in [6.45, 7) is 7.98. The summed E-state index contributed by atoms with van der Waals surface area (Å²) >= 11 is 0. The summed E-state index contributed by atoms with van der Waals surface area (Å²) in [6, 6.07) is 0.297. The maximum atomic E-state index is 11.4. The van der Waals surface area contributed by atoms with Gasteiger partial charge in [-0.3, -0.25) is 4.79 Å². The molecule has 0 bridgehead atoms. The van der Waals surface area contributed by atoms with E-state index in [-0.39, 0.29) is 11.6 Å². The Kier molecular flexibility index (Phi) is 4.54. The van der Waals surface area contributed by atoms with Gasteiger partial charge in [0.2, 0.25) is 0 Å². The van der Waals surface area contributed by atoms with Crippen molar-refractivity contribution in [3.8, 4) is 0 Å². The molecule has 0 aromatic heterocycles. The molecular formula is C11H21NO3. The van der Waals surface area contributed by atoms with Crippen LogP contribution < -0.4 is 5.32 Å². The van der Waals surface area contributed by atoms with E-state index in [1.165, 1.54) is 0 Å². The maximum Gasteiger partial charge on any atom is 0.306 e. The Morgan fingerprint density at radius 1 is 1.53 bits per heavy atom. The van der Waals surface area contributed by atoms with Crippen molar-refractivity contribution in [2.24, 2.45) is 0 Å². The molecule has 1 unspecified atom stereocenters. The largest absolute Gasteiger partial charge is 0.460 e. The Morgan fingerprint density at radius 3 is 2.80 bits per heavy atom. The van der Waals surface area contributed by atoms with Crippen LogP contribution in [0.5, 0.6) is 0 Å². The third-order valence-corrected chi connectivity index (χ3v) is 2.12. The first-order valence-electron chi connectivity index (χ1n) is 5.50. The van der Waals surface area contributed by atoms with Crippen LogP contribution in [0.4, 0.5) is 0 Å². The van der Waals surface area contributed by atoms with Gasteiger partial charge in [0.05, 0.1) is 13.2 Å². The Hall–Kier alpha value is -0.610. The number of nitrogens with one attached hydrogen (secondary N) is 1. The summed E-state index contributed by atoms with van der Waals surface area (Å²) in [7, 11) is 0. The first-order chi connectivity index (χ1) is 6.97. The molecule has 0 spiro atoms. The first-order valence-corrected chi connectivity index (χ1v) is 5.50. The third-order valence-electron chi connectivity index (χ3n) is 2.12. The van der Waals surface area contributed by atoms with Gasteiger partial charge in [0.1, 0.15) is 5.60 Å². The van der Waals surface area contributed by atoms with E-state index < -0.39 is 0 Å². The predicted molar refractivity (Wildman–Crippen MR) is 57.7 cm³/mol. The summed E-state index contributed by atoms with van der Waals surface area (Å²) < 4.78 is 10.5. The number of esters is 1. The molecule has 1 atom stereocenters. The molecule has 1 heterocycles. The number of carbonyl (C=O) groups excluding carboxylic acids is 1. The molecule has 0 aromatic carbocycles. The van der Waals surface area contributed by atoms with Crippen molar-refractivity contribution in [2.75, 3.05) is 19.8 Å². The number of morpholine rings is 1. The van der Waals surface area contributed by atoms with Crippen molar-refractivity contribution in [1.82, 2.24) is 5.32 Å². The topological polar surface area (TPSA) is 47.6 Å². The van der Waals surface area contributed by atoms with Gasteiger partial charge in [-0.15, -0.1) is 0 Å². The summed E-state index contributed by atoms with van der Waals surface area (Å²) in [4.78, 5) is 11.4. The van der Waals surface area contributed by atoms with Gasteiger partial charge in [-0.1, -0.05) is 0 Å². The Labute approximate surface area is 91.3 Å². The van der Waals surface area contributed by atoms with Crippen molar-refractivity contribution in [3.63, 3.8) is 0 Å². The highest BCUT2D eigenvalue weighted by Gasteiger charge is 2.19. The second-order valence-corrected chi connectivity index (χ2v) is 4.85. The zero-order valence-electron chi connectivity index (χ0n) is 9.84. The minimum absolute atomic E-state index is 0.130. The van der Waals surface area contributed by atoms with Crippen LogP contribution in [0.1, 0.15) is 33.6 Å². The molecule has 4 heteroatoms. The molecule has 4 nitrogen and oxygen atoms in total. The van der Waals surface area contributed by atoms with Crippen LogP contribution in [-0.2, 0) is 14.3 Å². The van der Waals surface area contributed by atoms with Crippen LogP contribution in [0, 0.1) is 0 Å². The number of carbonyl (C=O) groups is 1. The minimum Gasteiger partial charge on any atom is -0.460 e. The van der Waals surface area contributed by atoms with Crippen LogP contribution in [0.25, 0.3) is 0 Å². The lowest BCUT2D eigenvalue weighted by molar-refractivity contribution is -0.155. The summed E-state index contributed by atoms with van der Waals surface area (Å²) in [5, 5.41) is 3.30. The van der Waals surface area contributed by atoms with Gasteiger partial charge >= 0.3 is 5.97 Å². The zero-order chi connectivity index (χ0) is 11.3. The lowest BCUT2D eigenvalue weighted by Crippen LogP contribution is -2.41. The molecule has 1 aliphatic rings. The van der Waals surface area contributed by atoms with Crippen molar-refractivity contribution >= 4 is 5.97 Å². The highest BCUT2D eigenvalue weighted by molar-refractivity contribution is 5.69. The third kappa shape index (κ3) is 5.74. The number of rotatable bonds is 3. The number of hydrogen-bond donors (Lipinski definition) is 1. The molecule has 0 amide bonds. The molecule has 1 aliphatic heterocycles. The second-order valence-electron chi connectivity index (χ2n) is 4.85. The summed E-state index contributed by atoms with van der Waals surface area (Å²) in [5.41, 5.74) is -0.381. The van der Waals surface area contributed by atoms with Crippen LogP contribution in [-0.4, -0.2) is 37.4 Å². The fraction of sp³-hybridized carbons (Fsp3) is 0.909.